The average Bonchev–Trinajstić information content (AvgIpc) is 2.61. The molecule has 2 aromatic rings. The number of fused-ring (bicyclic) bond motifs is 1. The molecule has 142 valence electrons. The van der Waals surface area contributed by atoms with Crippen molar-refractivity contribution in [3.05, 3.63) is 23.2 Å². The van der Waals surface area contributed by atoms with Gasteiger partial charge < -0.3 is 19.3 Å². The predicted molar refractivity (Wildman–Crippen MR) is 103 cm³/mol. The topological polar surface area (TPSA) is 65.0 Å². The van der Waals surface area contributed by atoms with Crippen LogP contribution in [-0.4, -0.2) is 24.3 Å². The molecule has 6 heteroatoms. The van der Waals surface area contributed by atoms with E-state index < -0.39 is 5.97 Å². The van der Waals surface area contributed by atoms with Gasteiger partial charge >= 0.3 is 5.97 Å². The number of ether oxygens (including phenoxy) is 3. The van der Waals surface area contributed by atoms with E-state index in [1.165, 1.54) is 0 Å². The summed E-state index contributed by atoms with van der Waals surface area (Å²) in [6.45, 7) is 8.22. The number of hydrogen-bond acceptors (Lipinski definition) is 5. The number of halogens is 1. The Labute approximate surface area is 158 Å². The second-order valence-electron chi connectivity index (χ2n) is 6.30. The van der Waals surface area contributed by atoms with E-state index in [1.54, 1.807) is 32.0 Å². The molecule has 0 heterocycles. The molecule has 0 aromatic heterocycles. The molecule has 0 fully saturated rings. The summed E-state index contributed by atoms with van der Waals surface area (Å²) >= 11 is 6.09. The van der Waals surface area contributed by atoms with E-state index >= 15 is 0 Å². The molecule has 0 aliphatic rings. The zero-order valence-electron chi connectivity index (χ0n) is 15.6. The molecule has 0 spiro atoms. The molecule has 0 saturated carbocycles. The van der Waals surface area contributed by atoms with Crippen molar-refractivity contribution in [1.29, 1.82) is 0 Å². The van der Waals surface area contributed by atoms with Crippen molar-refractivity contribution in [2.45, 2.75) is 40.5 Å². The molecule has 0 unspecified atom stereocenters. The quantitative estimate of drug-likeness (QED) is 0.494. The number of phenolic OH excluding ortho intramolecular Hbond substituents is 1. The Morgan fingerprint density at radius 3 is 2.23 bits per heavy atom. The van der Waals surface area contributed by atoms with Crippen molar-refractivity contribution in [1.82, 2.24) is 0 Å². The fourth-order valence-electron chi connectivity index (χ4n) is 2.36. The molecule has 0 bridgehead atoms. The summed E-state index contributed by atoms with van der Waals surface area (Å²) in [6.07, 6.45) is 1.51. The van der Waals surface area contributed by atoms with Crippen LogP contribution in [0.1, 0.15) is 40.5 Å². The molecule has 1 N–H and O–H groups in total. The number of benzene rings is 2. The Morgan fingerprint density at radius 1 is 1.04 bits per heavy atom. The minimum absolute atomic E-state index is 0.0774. The van der Waals surface area contributed by atoms with E-state index in [1.807, 2.05) is 13.8 Å². The van der Waals surface area contributed by atoms with Crippen LogP contribution in [0, 0.1) is 5.92 Å². The van der Waals surface area contributed by atoms with Crippen molar-refractivity contribution in [3.63, 3.8) is 0 Å². The van der Waals surface area contributed by atoms with Gasteiger partial charge in [0.25, 0.3) is 0 Å². The van der Waals surface area contributed by atoms with Crippen LogP contribution < -0.4 is 14.2 Å². The summed E-state index contributed by atoms with van der Waals surface area (Å²) in [5, 5.41) is 12.2. The van der Waals surface area contributed by atoms with E-state index in [2.05, 4.69) is 0 Å². The van der Waals surface area contributed by atoms with Gasteiger partial charge in [0.15, 0.2) is 11.5 Å². The lowest BCUT2D eigenvalue weighted by Crippen LogP contribution is -2.16. The summed E-state index contributed by atoms with van der Waals surface area (Å²) in [6, 6.07) is 4.98. The summed E-state index contributed by atoms with van der Waals surface area (Å²) in [5.74, 6) is -0.137. The van der Waals surface area contributed by atoms with Crippen molar-refractivity contribution in [2.24, 2.45) is 5.92 Å². The van der Waals surface area contributed by atoms with E-state index in [4.69, 9.17) is 25.8 Å². The molecule has 0 aliphatic carbocycles. The average molecular weight is 381 g/mol. The SMILES string of the molecule is CCCOc1c(OCCC)c(OC(=O)C(C)C)c2ccc(Cl)cc2c1O. The van der Waals surface area contributed by atoms with E-state index in [0.717, 1.165) is 12.8 Å². The van der Waals surface area contributed by atoms with Gasteiger partial charge in [0.1, 0.15) is 0 Å². The number of esters is 1. The lowest BCUT2D eigenvalue weighted by molar-refractivity contribution is -0.137. The van der Waals surface area contributed by atoms with Gasteiger partial charge in [0.2, 0.25) is 11.5 Å². The number of carbonyl (C=O) groups excluding carboxylic acids is 1. The molecule has 5 nitrogen and oxygen atoms in total. The zero-order chi connectivity index (χ0) is 19.3. The Hall–Kier alpha value is -2.14. The van der Waals surface area contributed by atoms with E-state index in [9.17, 15) is 9.90 Å². The van der Waals surface area contributed by atoms with Crippen LogP contribution in [-0.2, 0) is 4.79 Å². The first-order valence-electron chi connectivity index (χ1n) is 8.86. The predicted octanol–water partition coefficient (Wildman–Crippen LogP) is 5.34. The van der Waals surface area contributed by atoms with Gasteiger partial charge in [0.05, 0.1) is 19.1 Å². The fraction of sp³-hybridized carbons (Fsp3) is 0.450. The van der Waals surface area contributed by atoms with Crippen LogP contribution in [0.5, 0.6) is 23.0 Å². The maximum atomic E-state index is 12.3. The summed E-state index contributed by atoms with van der Waals surface area (Å²) < 4.78 is 17.2. The standard InChI is InChI=1S/C20H25ClO5/c1-5-9-24-18-16(22)15-11-13(21)7-8-14(15)17(19(18)25-10-6-2)26-20(23)12(3)4/h7-8,11-12,22H,5-6,9-10H2,1-4H3. The van der Waals surface area contributed by atoms with Crippen LogP contribution in [0.15, 0.2) is 18.2 Å². The Balaban J connectivity index is 2.74. The summed E-state index contributed by atoms with van der Waals surface area (Å²) in [4.78, 5) is 12.3. The third-order valence-corrected chi connectivity index (χ3v) is 3.92. The van der Waals surface area contributed by atoms with Gasteiger partial charge in [-0.2, -0.15) is 0 Å². The highest BCUT2D eigenvalue weighted by molar-refractivity contribution is 6.31. The first kappa shape index (κ1) is 20.2. The molecule has 2 rings (SSSR count). The lowest BCUT2D eigenvalue weighted by atomic mass is 10.1. The number of hydrogen-bond donors (Lipinski definition) is 1. The van der Waals surface area contributed by atoms with Gasteiger partial charge in [-0.25, -0.2) is 0 Å². The molecule has 26 heavy (non-hydrogen) atoms. The highest BCUT2D eigenvalue weighted by Gasteiger charge is 2.26. The maximum absolute atomic E-state index is 12.3. The summed E-state index contributed by atoms with van der Waals surface area (Å²) in [5.41, 5.74) is 0. The van der Waals surface area contributed by atoms with Gasteiger partial charge in [-0.3, -0.25) is 4.79 Å². The molecule has 2 aromatic carbocycles. The van der Waals surface area contributed by atoms with Crippen LogP contribution >= 0.6 is 11.6 Å². The van der Waals surface area contributed by atoms with E-state index in [0.29, 0.717) is 29.0 Å². The highest BCUT2D eigenvalue weighted by atomic mass is 35.5. The van der Waals surface area contributed by atoms with Gasteiger partial charge in [0, 0.05) is 15.8 Å². The monoisotopic (exact) mass is 380 g/mol. The van der Waals surface area contributed by atoms with Crippen molar-refractivity contribution in [3.8, 4) is 23.0 Å². The number of phenols is 1. The Morgan fingerprint density at radius 2 is 1.65 bits per heavy atom. The molecular formula is C20H25ClO5. The third kappa shape index (κ3) is 4.33. The third-order valence-electron chi connectivity index (χ3n) is 3.68. The lowest BCUT2D eigenvalue weighted by Gasteiger charge is -2.20. The van der Waals surface area contributed by atoms with Gasteiger partial charge in [-0.05, 0) is 31.0 Å². The second kappa shape index (κ2) is 8.99. The number of carbonyl (C=O) groups is 1. The Kier molecular flexibility index (Phi) is 6.98. The smallest absolute Gasteiger partial charge is 0.313 e. The molecule has 0 saturated heterocycles. The number of rotatable bonds is 8. The van der Waals surface area contributed by atoms with Crippen molar-refractivity contribution in [2.75, 3.05) is 13.2 Å². The number of aromatic hydroxyl groups is 1. The minimum Gasteiger partial charge on any atom is -0.504 e. The minimum atomic E-state index is -0.394. The first-order chi connectivity index (χ1) is 12.4. The van der Waals surface area contributed by atoms with Crippen molar-refractivity contribution >= 4 is 28.3 Å². The molecular weight excluding hydrogens is 356 g/mol. The van der Waals surface area contributed by atoms with Crippen LogP contribution in [0.4, 0.5) is 0 Å². The maximum Gasteiger partial charge on any atom is 0.313 e. The second-order valence-corrected chi connectivity index (χ2v) is 6.74. The van der Waals surface area contributed by atoms with Crippen LogP contribution in [0.25, 0.3) is 10.8 Å². The van der Waals surface area contributed by atoms with Crippen molar-refractivity contribution < 1.29 is 24.1 Å². The highest BCUT2D eigenvalue weighted by Crippen LogP contribution is 2.51. The summed E-state index contributed by atoms with van der Waals surface area (Å²) in [7, 11) is 0. The van der Waals surface area contributed by atoms with Crippen LogP contribution in [0.3, 0.4) is 0 Å². The Bertz CT molecular complexity index is 786. The normalized spacial score (nSPS) is 11.0. The van der Waals surface area contributed by atoms with Gasteiger partial charge in [-0.15, -0.1) is 0 Å². The van der Waals surface area contributed by atoms with E-state index in [-0.39, 0.29) is 28.9 Å². The zero-order valence-corrected chi connectivity index (χ0v) is 16.4. The largest absolute Gasteiger partial charge is 0.504 e. The molecule has 0 radical (unpaired) electrons. The first-order valence-corrected chi connectivity index (χ1v) is 9.23. The molecule has 0 aliphatic heterocycles. The fourth-order valence-corrected chi connectivity index (χ4v) is 2.53. The van der Waals surface area contributed by atoms with Crippen LogP contribution in [0.2, 0.25) is 5.02 Å². The molecule has 0 atom stereocenters. The van der Waals surface area contributed by atoms with Gasteiger partial charge in [-0.1, -0.05) is 39.3 Å². The molecule has 0 amide bonds.